The molecule has 0 aliphatic heterocycles. The van der Waals surface area contributed by atoms with E-state index < -0.39 is 6.10 Å². The highest BCUT2D eigenvalue weighted by Crippen LogP contribution is 2.21. The second-order valence-corrected chi connectivity index (χ2v) is 5.99. The number of oxazole rings is 1. The van der Waals surface area contributed by atoms with Gasteiger partial charge in [-0.25, -0.2) is 9.78 Å². The Labute approximate surface area is 135 Å². The van der Waals surface area contributed by atoms with Gasteiger partial charge in [0.25, 0.3) is 0 Å². The normalized spacial score (nSPS) is 12.2. The number of nitrogens with zero attached hydrogens (tertiary/aromatic N) is 1. The molecule has 0 saturated heterocycles. The molecule has 6 heteroatoms. The molecule has 0 spiro atoms. The Hall–Kier alpha value is -2.34. The van der Waals surface area contributed by atoms with Crippen LogP contribution in [0, 0.1) is 12.8 Å². The van der Waals surface area contributed by atoms with Crippen LogP contribution >= 0.6 is 0 Å². The van der Waals surface area contributed by atoms with Crippen LogP contribution in [0.5, 0.6) is 0 Å². The maximum absolute atomic E-state index is 11.9. The first-order valence-electron chi connectivity index (χ1n) is 7.69. The maximum atomic E-state index is 11.9. The third-order valence-corrected chi connectivity index (χ3v) is 3.23. The van der Waals surface area contributed by atoms with E-state index in [1.165, 1.54) is 0 Å². The molecule has 0 saturated carbocycles. The van der Waals surface area contributed by atoms with Crippen LogP contribution in [0.15, 0.2) is 34.9 Å². The summed E-state index contributed by atoms with van der Waals surface area (Å²) in [6.07, 6.45) is 1.69. The van der Waals surface area contributed by atoms with Gasteiger partial charge in [0, 0.05) is 17.8 Å². The first-order valence-corrected chi connectivity index (χ1v) is 7.69. The van der Waals surface area contributed by atoms with Gasteiger partial charge in [0.15, 0.2) is 0 Å². The Morgan fingerprint density at radius 1 is 1.39 bits per heavy atom. The lowest BCUT2D eigenvalue weighted by atomic mass is 10.1. The van der Waals surface area contributed by atoms with Crippen LogP contribution in [0.1, 0.15) is 26.0 Å². The van der Waals surface area contributed by atoms with Crippen molar-refractivity contribution in [1.29, 1.82) is 0 Å². The summed E-state index contributed by atoms with van der Waals surface area (Å²) in [6.45, 7) is 6.13. The van der Waals surface area contributed by atoms with E-state index in [1.54, 1.807) is 18.4 Å². The summed E-state index contributed by atoms with van der Waals surface area (Å²) in [7, 11) is 0. The van der Waals surface area contributed by atoms with Crippen molar-refractivity contribution >= 4 is 11.7 Å². The second-order valence-electron chi connectivity index (χ2n) is 5.99. The average molecular weight is 317 g/mol. The van der Waals surface area contributed by atoms with Crippen molar-refractivity contribution in [2.45, 2.75) is 33.3 Å². The summed E-state index contributed by atoms with van der Waals surface area (Å²) in [5.74, 6) is 0.898. The van der Waals surface area contributed by atoms with Crippen molar-refractivity contribution in [3.05, 3.63) is 36.2 Å². The topological polar surface area (TPSA) is 87.4 Å². The van der Waals surface area contributed by atoms with Gasteiger partial charge in [-0.15, -0.1) is 0 Å². The van der Waals surface area contributed by atoms with Gasteiger partial charge in [-0.1, -0.05) is 19.9 Å². The van der Waals surface area contributed by atoms with E-state index in [0.717, 1.165) is 11.3 Å². The smallest absolute Gasteiger partial charge is 0.319 e. The van der Waals surface area contributed by atoms with Gasteiger partial charge >= 0.3 is 6.03 Å². The Morgan fingerprint density at radius 3 is 2.83 bits per heavy atom. The molecule has 0 aliphatic rings. The zero-order chi connectivity index (χ0) is 16.8. The molecular formula is C17H23N3O3. The summed E-state index contributed by atoms with van der Waals surface area (Å²) >= 11 is 0. The quantitative estimate of drug-likeness (QED) is 0.763. The number of rotatable bonds is 6. The number of benzene rings is 1. The number of carbonyl (C=O) groups excluding carboxylic acids is 1. The number of amides is 2. The summed E-state index contributed by atoms with van der Waals surface area (Å²) in [5, 5.41) is 15.2. The zero-order valence-corrected chi connectivity index (χ0v) is 13.7. The van der Waals surface area contributed by atoms with Crippen molar-refractivity contribution in [1.82, 2.24) is 10.3 Å². The minimum atomic E-state index is -0.539. The standard InChI is InChI=1S/C17H23N3O3/c1-11(2)7-15(21)9-18-17(22)20-14-6-4-5-13(8-14)16-19-12(3)10-23-16/h4-6,8,10-11,15,21H,7,9H2,1-3H3,(H2,18,20,22). The number of aromatic nitrogens is 1. The summed E-state index contributed by atoms with van der Waals surface area (Å²) in [4.78, 5) is 16.1. The molecule has 0 fully saturated rings. The fourth-order valence-corrected chi connectivity index (χ4v) is 2.23. The largest absolute Gasteiger partial charge is 0.444 e. The molecule has 1 atom stereocenters. The van der Waals surface area contributed by atoms with Gasteiger partial charge < -0.3 is 20.2 Å². The molecule has 2 rings (SSSR count). The van der Waals surface area contributed by atoms with Crippen LogP contribution in [0.25, 0.3) is 11.5 Å². The van der Waals surface area contributed by atoms with E-state index in [4.69, 9.17) is 4.42 Å². The Kier molecular flexibility index (Phi) is 5.76. The summed E-state index contributed by atoms with van der Waals surface area (Å²) < 4.78 is 5.35. The van der Waals surface area contributed by atoms with E-state index in [1.807, 2.05) is 32.9 Å². The molecule has 23 heavy (non-hydrogen) atoms. The third kappa shape index (κ3) is 5.41. The van der Waals surface area contributed by atoms with E-state index in [-0.39, 0.29) is 12.6 Å². The van der Waals surface area contributed by atoms with Gasteiger partial charge in [-0.05, 0) is 37.5 Å². The molecule has 2 amide bonds. The van der Waals surface area contributed by atoms with Gasteiger partial charge in [-0.2, -0.15) is 0 Å². The van der Waals surface area contributed by atoms with Gasteiger partial charge in [0.2, 0.25) is 5.89 Å². The second kappa shape index (κ2) is 7.78. The van der Waals surface area contributed by atoms with Crippen LogP contribution in [-0.4, -0.2) is 28.8 Å². The highest BCUT2D eigenvalue weighted by atomic mass is 16.3. The Bertz CT molecular complexity index is 652. The molecule has 1 unspecified atom stereocenters. The molecule has 6 nitrogen and oxygen atoms in total. The zero-order valence-electron chi connectivity index (χ0n) is 13.7. The van der Waals surface area contributed by atoms with Crippen molar-refractivity contribution in [3.8, 4) is 11.5 Å². The number of carbonyl (C=O) groups is 1. The Balaban J connectivity index is 1.91. The lowest BCUT2D eigenvalue weighted by molar-refractivity contribution is 0.148. The minimum absolute atomic E-state index is 0.225. The predicted molar refractivity (Wildman–Crippen MR) is 89.2 cm³/mol. The number of aryl methyl sites for hydroxylation is 1. The molecule has 2 aromatic rings. The minimum Gasteiger partial charge on any atom is -0.444 e. The molecule has 124 valence electrons. The lowest BCUT2D eigenvalue weighted by Crippen LogP contribution is -2.35. The number of nitrogens with one attached hydrogen (secondary N) is 2. The van der Waals surface area contributed by atoms with Crippen LogP contribution in [0.4, 0.5) is 10.5 Å². The summed E-state index contributed by atoms with van der Waals surface area (Å²) in [5.41, 5.74) is 2.22. The molecule has 1 aromatic heterocycles. The van der Waals surface area contributed by atoms with Crippen LogP contribution in [0.2, 0.25) is 0 Å². The molecule has 0 radical (unpaired) electrons. The van der Waals surface area contributed by atoms with Crippen LogP contribution in [-0.2, 0) is 0 Å². The number of hydrogen-bond donors (Lipinski definition) is 3. The van der Waals surface area contributed by atoms with E-state index >= 15 is 0 Å². The molecule has 0 aliphatic carbocycles. The molecular weight excluding hydrogens is 294 g/mol. The van der Waals surface area contributed by atoms with Crippen molar-refractivity contribution in [3.63, 3.8) is 0 Å². The Morgan fingerprint density at radius 2 is 2.17 bits per heavy atom. The highest BCUT2D eigenvalue weighted by molar-refractivity contribution is 5.89. The fraction of sp³-hybridized carbons (Fsp3) is 0.412. The van der Waals surface area contributed by atoms with Crippen LogP contribution < -0.4 is 10.6 Å². The number of aliphatic hydroxyl groups excluding tert-OH is 1. The van der Waals surface area contributed by atoms with Gasteiger partial charge in [0.1, 0.15) is 6.26 Å². The highest BCUT2D eigenvalue weighted by Gasteiger charge is 2.10. The SMILES string of the molecule is Cc1coc(-c2cccc(NC(=O)NCC(O)CC(C)C)c2)n1. The molecule has 1 heterocycles. The van der Waals surface area contributed by atoms with Gasteiger partial charge in [0.05, 0.1) is 11.8 Å². The van der Waals surface area contributed by atoms with Crippen molar-refractivity contribution < 1.29 is 14.3 Å². The molecule has 0 bridgehead atoms. The number of urea groups is 1. The predicted octanol–water partition coefficient (Wildman–Crippen LogP) is 3.18. The first-order chi connectivity index (χ1) is 10.9. The number of anilines is 1. The molecule has 1 aromatic carbocycles. The third-order valence-electron chi connectivity index (χ3n) is 3.23. The number of aliphatic hydroxyl groups is 1. The van der Waals surface area contributed by atoms with E-state index in [2.05, 4.69) is 15.6 Å². The van der Waals surface area contributed by atoms with Crippen LogP contribution in [0.3, 0.4) is 0 Å². The summed E-state index contributed by atoms with van der Waals surface area (Å²) in [6, 6.07) is 6.89. The van der Waals surface area contributed by atoms with Crippen molar-refractivity contribution in [2.24, 2.45) is 5.92 Å². The van der Waals surface area contributed by atoms with E-state index in [9.17, 15) is 9.90 Å². The van der Waals surface area contributed by atoms with E-state index in [0.29, 0.717) is 23.9 Å². The lowest BCUT2D eigenvalue weighted by Gasteiger charge is -2.14. The molecule has 3 N–H and O–H groups in total. The van der Waals surface area contributed by atoms with Gasteiger partial charge in [-0.3, -0.25) is 0 Å². The first kappa shape index (κ1) is 17.0. The maximum Gasteiger partial charge on any atom is 0.319 e. The average Bonchev–Trinajstić information content (AvgIpc) is 2.91. The van der Waals surface area contributed by atoms with Crippen molar-refractivity contribution in [2.75, 3.05) is 11.9 Å². The monoisotopic (exact) mass is 317 g/mol. The number of hydrogen-bond acceptors (Lipinski definition) is 4. The fourth-order valence-electron chi connectivity index (χ4n) is 2.23.